The zero-order valence-corrected chi connectivity index (χ0v) is 13.5. The Balaban J connectivity index is 1.81. The fraction of sp³-hybridized carbons (Fsp3) is 0.647. The summed E-state index contributed by atoms with van der Waals surface area (Å²) in [6.07, 6.45) is 3.99. The van der Waals surface area contributed by atoms with Crippen LogP contribution < -0.4 is 5.32 Å². The van der Waals surface area contributed by atoms with E-state index in [0.717, 1.165) is 13.1 Å². The van der Waals surface area contributed by atoms with Gasteiger partial charge in [-0.1, -0.05) is 37.3 Å². The van der Waals surface area contributed by atoms with E-state index in [1.54, 1.807) is 0 Å². The lowest BCUT2D eigenvalue weighted by atomic mass is 10.1. The van der Waals surface area contributed by atoms with Crippen LogP contribution in [0.4, 0.5) is 0 Å². The van der Waals surface area contributed by atoms with Gasteiger partial charge in [0.1, 0.15) is 0 Å². The maximum absolute atomic E-state index is 3.66. The fourth-order valence-electron chi connectivity index (χ4n) is 2.87. The molecule has 0 radical (unpaired) electrons. The predicted molar refractivity (Wildman–Crippen MR) is 90.5 cm³/mol. The molecule has 3 heteroatoms. The molecule has 0 saturated carbocycles. The molecule has 0 spiro atoms. The van der Waals surface area contributed by atoms with Gasteiger partial charge in [0, 0.05) is 12.6 Å². The van der Waals surface area contributed by atoms with Crippen LogP contribution in [0.5, 0.6) is 0 Å². The van der Waals surface area contributed by atoms with Crippen molar-refractivity contribution in [3.05, 3.63) is 35.9 Å². The Morgan fingerprint density at radius 2 is 1.95 bits per heavy atom. The van der Waals surface area contributed by atoms with Gasteiger partial charge >= 0.3 is 0 Å². The Bertz CT molecular complexity index is 349. The number of nitrogens with one attached hydrogen (secondary N) is 1. The summed E-state index contributed by atoms with van der Waals surface area (Å²) in [7, 11) is 0. The molecule has 2 rings (SSSR count). The molecule has 20 heavy (non-hydrogen) atoms. The molecule has 0 bridgehead atoms. The Hall–Kier alpha value is -0.510. The van der Waals surface area contributed by atoms with E-state index in [2.05, 4.69) is 47.5 Å². The molecule has 1 aliphatic heterocycles. The van der Waals surface area contributed by atoms with Gasteiger partial charge in [-0.15, -0.1) is 0 Å². The lowest BCUT2D eigenvalue weighted by Gasteiger charge is -2.28. The van der Waals surface area contributed by atoms with Gasteiger partial charge in [-0.05, 0) is 56.0 Å². The summed E-state index contributed by atoms with van der Waals surface area (Å²) >= 11 is 2.04. The molecule has 1 aromatic carbocycles. The maximum Gasteiger partial charge on any atom is 0.0472 e. The van der Waals surface area contributed by atoms with Crippen LogP contribution in [0.15, 0.2) is 30.3 Å². The number of hydrogen-bond acceptors (Lipinski definition) is 3. The third kappa shape index (κ3) is 5.12. The molecule has 1 heterocycles. The monoisotopic (exact) mass is 292 g/mol. The van der Waals surface area contributed by atoms with E-state index >= 15 is 0 Å². The van der Waals surface area contributed by atoms with Crippen molar-refractivity contribution in [1.82, 2.24) is 10.2 Å². The highest BCUT2D eigenvalue weighted by Gasteiger charge is 2.22. The molecule has 1 saturated heterocycles. The van der Waals surface area contributed by atoms with E-state index in [1.807, 2.05) is 11.8 Å². The quantitative estimate of drug-likeness (QED) is 0.701. The van der Waals surface area contributed by atoms with E-state index in [1.165, 1.54) is 49.4 Å². The SMILES string of the molecule is CCSCCCNCC(c1ccccc1)N1CCCC1. The van der Waals surface area contributed by atoms with Gasteiger partial charge in [-0.25, -0.2) is 0 Å². The number of rotatable bonds is 9. The maximum atomic E-state index is 3.66. The second-order valence-corrected chi connectivity index (χ2v) is 6.82. The highest BCUT2D eigenvalue weighted by atomic mass is 32.2. The van der Waals surface area contributed by atoms with Gasteiger partial charge in [0.05, 0.1) is 0 Å². The predicted octanol–water partition coefficient (Wildman–Crippen LogP) is 3.56. The topological polar surface area (TPSA) is 15.3 Å². The van der Waals surface area contributed by atoms with E-state index in [0.29, 0.717) is 6.04 Å². The van der Waals surface area contributed by atoms with Gasteiger partial charge in [0.2, 0.25) is 0 Å². The highest BCUT2D eigenvalue weighted by molar-refractivity contribution is 7.99. The molecule has 1 aliphatic rings. The zero-order valence-electron chi connectivity index (χ0n) is 12.7. The average molecular weight is 292 g/mol. The molecule has 0 aromatic heterocycles. The molecular weight excluding hydrogens is 264 g/mol. The van der Waals surface area contributed by atoms with Crippen molar-refractivity contribution in [1.29, 1.82) is 0 Å². The molecule has 1 atom stereocenters. The fourth-order valence-corrected chi connectivity index (χ4v) is 3.51. The summed E-state index contributed by atoms with van der Waals surface area (Å²) in [6, 6.07) is 11.5. The van der Waals surface area contributed by atoms with Crippen LogP contribution in [0.1, 0.15) is 37.8 Å². The third-order valence-corrected chi connectivity index (χ3v) is 4.94. The minimum absolute atomic E-state index is 0.553. The van der Waals surface area contributed by atoms with Crippen LogP contribution >= 0.6 is 11.8 Å². The molecule has 0 aliphatic carbocycles. The first-order valence-corrected chi connectivity index (χ1v) is 9.14. The Kier molecular flexibility index (Phi) is 7.48. The minimum atomic E-state index is 0.553. The van der Waals surface area contributed by atoms with E-state index < -0.39 is 0 Å². The van der Waals surface area contributed by atoms with Gasteiger partial charge in [0.15, 0.2) is 0 Å². The first-order chi connectivity index (χ1) is 9.92. The van der Waals surface area contributed by atoms with Crippen LogP contribution in [0.3, 0.4) is 0 Å². The molecule has 0 amide bonds. The number of benzene rings is 1. The van der Waals surface area contributed by atoms with Gasteiger partial charge in [0.25, 0.3) is 0 Å². The van der Waals surface area contributed by atoms with Crippen LogP contribution in [-0.2, 0) is 0 Å². The summed E-state index contributed by atoms with van der Waals surface area (Å²) in [5, 5.41) is 3.66. The summed E-state index contributed by atoms with van der Waals surface area (Å²) in [5.74, 6) is 2.52. The van der Waals surface area contributed by atoms with Crippen LogP contribution in [0.25, 0.3) is 0 Å². The van der Waals surface area contributed by atoms with Gasteiger partial charge in [-0.2, -0.15) is 11.8 Å². The Morgan fingerprint density at radius 1 is 1.20 bits per heavy atom. The van der Waals surface area contributed by atoms with Crippen LogP contribution in [0.2, 0.25) is 0 Å². The number of likely N-dealkylation sites (tertiary alicyclic amines) is 1. The minimum Gasteiger partial charge on any atom is -0.315 e. The average Bonchev–Trinajstić information content (AvgIpc) is 3.01. The number of thioether (sulfide) groups is 1. The molecule has 2 nitrogen and oxygen atoms in total. The van der Waals surface area contributed by atoms with Crippen LogP contribution in [-0.4, -0.2) is 42.6 Å². The van der Waals surface area contributed by atoms with Crippen molar-refractivity contribution in [3.63, 3.8) is 0 Å². The van der Waals surface area contributed by atoms with Gasteiger partial charge in [-0.3, -0.25) is 4.90 Å². The number of nitrogens with zero attached hydrogens (tertiary/aromatic N) is 1. The summed E-state index contributed by atoms with van der Waals surface area (Å²) in [6.45, 7) is 6.97. The standard InChI is InChI=1S/C17H28N2S/c1-2-20-14-8-11-18-15-17(19-12-6-7-13-19)16-9-4-3-5-10-16/h3-5,9-10,17-18H,2,6-8,11-15H2,1H3. The molecule has 112 valence electrons. The van der Waals surface area contributed by atoms with E-state index in [9.17, 15) is 0 Å². The van der Waals surface area contributed by atoms with Crippen molar-refractivity contribution in [2.45, 2.75) is 32.2 Å². The largest absolute Gasteiger partial charge is 0.315 e. The summed E-state index contributed by atoms with van der Waals surface area (Å²) in [5.41, 5.74) is 1.46. The number of hydrogen-bond donors (Lipinski definition) is 1. The summed E-state index contributed by atoms with van der Waals surface area (Å²) in [4.78, 5) is 2.64. The Labute approximate surface area is 128 Å². The molecular formula is C17H28N2S. The summed E-state index contributed by atoms with van der Waals surface area (Å²) < 4.78 is 0. The molecule has 1 aromatic rings. The van der Waals surface area contributed by atoms with Crippen molar-refractivity contribution in [2.75, 3.05) is 37.7 Å². The molecule has 1 N–H and O–H groups in total. The van der Waals surface area contributed by atoms with Crippen LogP contribution in [0, 0.1) is 0 Å². The van der Waals surface area contributed by atoms with Crippen molar-refractivity contribution >= 4 is 11.8 Å². The van der Waals surface area contributed by atoms with E-state index in [-0.39, 0.29) is 0 Å². The highest BCUT2D eigenvalue weighted by Crippen LogP contribution is 2.24. The first-order valence-electron chi connectivity index (χ1n) is 7.99. The zero-order chi connectivity index (χ0) is 14.0. The second kappa shape index (κ2) is 9.43. The van der Waals surface area contributed by atoms with Crippen molar-refractivity contribution < 1.29 is 0 Å². The molecule has 1 fully saturated rings. The van der Waals surface area contributed by atoms with Crippen molar-refractivity contribution in [3.8, 4) is 0 Å². The van der Waals surface area contributed by atoms with Gasteiger partial charge < -0.3 is 5.32 Å². The molecule has 1 unspecified atom stereocenters. The first kappa shape index (κ1) is 15.9. The lowest BCUT2D eigenvalue weighted by molar-refractivity contribution is 0.239. The van der Waals surface area contributed by atoms with Crippen molar-refractivity contribution in [2.24, 2.45) is 0 Å². The third-order valence-electron chi connectivity index (χ3n) is 3.95. The lowest BCUT2D eigenvalue weighted by Crippen LogP contribution is -2.34. The normalized spacial score (nSPS) is 17.4. The van der Waals surface area contributed by atoms with E-state index in [4.69, 9.17) is 0 Å². The Morgan fingerprint density at radius 3 is 2.65 bits per heavy atom. The second-order valence-electron chi connectivity index (χ2n) is 5.42. The smallest absolute Gasteiger partial charge is 0.0472 e.